The molecule has 23 heteroatoms. The highest BCUT2D eigenvalue weighted by Crippen LogP contribution is 2.27. The van der Waals surface area contributed by atoms with Crippen LogP contribution in [0.2, 0.25) is 0 Å². The van der Waals surface area contributed by atoms with E-state index in [1.165, 1.54) is 29.0 Å². The minimum absolute atomic E-state index is 0.0234. The third kappa shape index (κ3) is 12.9. The number of hydrogen-bond donors (Lipinski definition) is 4. The summed E-state index contributed by atoms with van der Waals surface area (Å²) in [6, 6.07) is -3.62. The van der Waals surface area contributed by atoms with Crippen molar-refractivity contribution in [3.05, 3.63) is 11.1 Å². The van der Waals surface area contributed by atoms with Gasteiger partial charge in [-0.05, 0) is 76.2 Å². The first-order chi connectivity index (χ1) is 25.0. The fraction of sp³-hybridized carbons (Fsp3) is 0.688. The predicted molar refractivity (Wildman–Crippen MR) is 196 cm³/mol. The Hall–Kier alpha value is -4.77. The highest BCUT2D eigenvalue weighted by molar-refractivity contribution is 7.84. The van der Waals surface area contributed by atoms with Crippen LogP contribution < -0.4 is 16.0 Å². The minimum Gasteiger partial charge on any atom is -0.457 e. The second-order valence-electron chi connectivity index (χ2n) is 16.0. The van der Waals surface area contributed by atoms with E-state index in [4.69, 9.17) is 19.0 Å². The van der Waals surface area contributed by atoms with Crippen molar-refractivity contribution < 1.29 is 60.8 Å². The van der Waals surface area contributed by atoms with Crippen molar-refractivity contribution >= 4 is 68.5 Å². The topological polar surface area (TPSA) is 265 Å². The van der Waals surface area contributed by atoms with Crippen molar-refractivity contribution in [3.63, 3.8) is 0 Å². The van der Waals surface area contributed by atoms with E-state index in [1.54, 1.807) is 62.3 Å². The summed E-state index contributed by atoms with van der Waals surface area (Å²) in [5.41, 5.74) is -5.00. The van der Waals surface area contributed by atoms with Crippen LogP contribution in [0.15, 0.2) is 10.5 Å². The molecule has 0 bridgehead atoms. The summed E-state index contributed by atoms with van der Waals surface area (Å²) in [5, 5.41) is 12.5. The van der Waals surface area contributed by atoms with E-state index in [0.29, 0.717) is 0 Å². The van der Waals surface area contributed by atoms with Crippen LogP contribution in [-0.2, 0) is 43.7 Å². The number of carbonyl (C=O) groups excluding carboxylic acids is 6. The van der Waals surface area contributed by atoms with Crippen LogP contribution in [0.1, 0.15) is 81.9 Å². The first-order valence-corrected chi connectivity index (χ1v) is 19.3. The number of aromatic nitrogens is 1. The van der Waals surface area contributed by atoms with Gasteiger partial charge in [-0.2, -0.15) is 8.42 Å². The fourth-order valence-corrected chi connectivity index (χ4v) is 6.38. The van der Waals surface area contributed by atoms with Crippen molar-refractivity contribution in [2.24, 2.45) is 5.16 Å². The van der Waals surface area contributed by atoms with Gasteiger partial charge < -0.3 is 39.5 Å². The summed E-state index contributed by atoms with van der Waals surface area (Å²) in [7, 11) is -5.14. The standard InChI is InChI=1S/C32H50N8O13S2/c1-29(2,3)50-24(43)32(10,11)53-37-20(18-17-54-25(34-18)36-27(45)52-31(7,8)9)22(41)35-21-19(40(23(21)42)55(47,48)49)16-39-15-14-38(28(39)46)13-12-33-26(44)51-30(4,5)6/h17,19,21H,12-16H2,1-11H3,(H,33,44)(H,35,41)(H,34,36,45)(H,47,48,49)/b37-20+/t19-,21+/m1/s1. The Morgan fingerprint density at radius 1 is 0.909 bits per heavy atom. The molecule has 2 atom stereocenters. The van der Waals surface area contributed by atoms with E-state index in [-0.39, 0.29) is 41.3 Å². The summed E-state index contributed by atoms with van der Waals surface area (Å²) in [5.74, 6) is -3.18. The highest BCUT2D eigenvalue weighted by Gasteiger charge is 2.55. The molecular formula is C32H50N8O13S2. The Kier molecular flexibility index (Phi) is 13.4. The molecule has 308 valence electrons. The first-order valence-electron chi connectivity index (χ1n) is 17.1. The van der Waals surface area contributed by atoms with Crippen LogP contribution in [0.25, 0.3) is 0 Å². The first kappa shape index (κ1) is 44.6. The third-order valence-electron chi connectivity index (χ3n) is 7.17. The molecule has 6 amide bonds. The molecule has 0 aliphatic carbocycles. The van der Waals surface area contributed by atoms with Crippen LogP contribution in [0, 0.1) is 0 Å². The predicted octanol–water partition coefficient (Wildman–Crippen LogP) is 2.09. The van der Waals surface area contributed by atoms with Crippen molar-refractivity contribution in [1.29, 1.82) is 0 Å². The second-order valence-corrected chi connectivity index (χ2v) is 18.1. The molecule has 4 N–H and O–H groups in total. The van der Waals surface area contributed by atoms with Gasteiger partial charge in [0.05, 0.1) is 6.04 Å². The van der Waals surface area contributed by atoms with Gasteiger partial charge in [0, 0.05) is 38.1 Å². The molecule has 1 aromatic heterocycles. The molecule has 0 aromatic carbocycles. The molecule has 3 rings (SSSR count). The molecule has 0 radical (unpaired) electrons. The van der Waals surface area contributed by atoms with Gasteiger partial charge in [0.15, 0.2) is 10.8 Å². The average molecular weight is 819 g/mol. The van der Waals surface area contributed by atoms with Crippen LogP contribution in [0.4, 0.5) is 19.5 Å². The maximum absolute atomic E-state index is 13.8. The van der Waals surface area contributed by atoms with Crippen molar-refractivity contribution in [2.75, 3.05) is 38.0 Å². The summed E-state index contributed by atoms with van der Waals surface area (Å²) in [6.07, 6.45) is -1.53. The average Bonchev–Trinajstić information content (AvgIpc) is 3.58. The second kappa shape index (κ2) is 16.5. The van der Waals surface area contributed by atoms with Crippen LogP contribution in [0.5, 0.6) is 0 Å². The monoisotopic (exact) mass is 818 g/mol. The zero-order chi connectivity index (χ0) is 41.9. The number of thiazole rings is 1. The third-order valence-corrected chi connectivity index (χ3v) is 8.87. The van der Waals surface area contributed by atoms with Gasteiger partial charge in [0.1, 0.15) is 28.5 Å². The molecular weight excluding hydrogens is 769 g/mol. The number of alkyl carbamates (subject to hydrolysis) is 1. The number of carbonyl (C=O) groups is 6. The SMILES string of the molecule is CC(C)(C)OC(=O)NCCN1CCN(C[C@@H]2[C@H](NC(=O)/C(=N/OC(C)(C)C(=O)OC(C)(C)C)c3csc(NC(=O)OC(C)(C)C)n3)C(=O)N2S(=O)(=O)O)C1=O. The lowest BCUT2D eigenvalue weighted by molar-refractivity contribution is -0.179. The van der Waals surface area contributed by atoms with Gasteiger partial charge >= 0.3 is 34.5 Å². The van der Waals surface area contributed by atoms with Gasteiger partial charge in [-0.3, -0.25) is 19.5 Å². The van der Waals surface area contributed by atoms with Crippen molar-refractivity contribution in [3.8, 4) is 0 Å². The lowest BCUT2D eigenvalue weighted by Crippen LogP contribution is -2.74. The number of β-lactam (4-membered cyclic amide) rings is 1. The van der Waals surface area contributed by atoms with Gasteiger partial charge in [0.25, 0.3) is 11.8 Å². The zero-order valence-electron chi connectivity index (χ0n) is 32.7. The molecule has 55 heavy (non-hydrogen) atoms. The summed E-state index contributed by atoms with van der Waals surface area (Å²) in [4.78, 5) is 89.6. The number of rotatable bonds is 13. The van der Waals surface area contributed by atoms with E-state index >= 15 is 0 Å². The van der Waals surface area contributed by atoms with Gasteiger partial charge in [-0.25, -0.2) is 28.5 Å². The maximum atomic E-state index is 13.8. The number of amides is 6. The molecule has 2 fully saturated rings. The lowest BCUT2D eigenvalue weighted by Gasteiger charge is -2.45. The van der Waals surface area contributed by atoms with E-state index in [0.717, 1.165) is 11.3 Å². The van der Waals surface area contributed by atoms with Crippen LogP contribution >= 0.6 is 11.3 Å². The number of esters is 1. The Morgan fingerprint density at radius 2 is 1.47 bits per heavy atom. The van der Waals surface area contributed by atoms with Gasteiger partial charge in [-0.15, -0.1) is 11.3 Å². The van der Waals surface area contributed by atoms with E-state index in [9.17, 15) is 41.7 Å². The summed E-state index contributed by atoms with van der Waals surface area (Å²) >= 11 is 0.874. The number of anilines is 1. The smallest absolute Gasteiger partial charge is 0.413 e. The number of oxime groups is 1. The Bertz CT molecular complexity index is 1790. The maximum Gasteiger partial charge on any atom is 0.413 e. The summed E-state index contributed by atoms with van der Waals surface area (Å²) < 4.78 is 50.3. The molecule has 3 heterocycles. The minimum atomic E-state index is -5.14. The molecule has 0 saturated carbocycles. The molecule has 2 aliphatic rings. The number of nitrogens with zero attached hydrogens (tertiary/aromatic N) is 5. The Balaban J connectivity index is 1.84. The Morgan fingerprint density at radius 3 is 2.04 bits per heavy atom. The van der Waals surface area contributed by atoms with Crippen LogP contribution in [-0.4, -0.2) is 141 Å². The molecule has 0 unspecified atom stereocenters. The highest BCUT2D eigenvalue weighted by atomic mass is 32.2. The fourth-order valence-electron chi connectivity index (χ4n) is 4.83. The zero-order valence-corrected chi connectivity index (χ0v) is 34.3. The van der Waals surface area contributed by atoms with Gasteiger partial charge in [-0.1, -0.05) is 5.16 Å². The number of nitrogens with one attached hydrogen (secondary N) is 3. The van der Waals surface area contributed by atoms with Crippen molar-refractivity contribution in [1.82, 2.24) is 29.7 Å². The normalized spacial score (nSPS) is 18.4. The lowest BCUT2D eigenvalue weighted by atomic mass is 9.97. The molecule has 2 saturated heterocycles. The molecule has 2 aliphatic heterocycles. The van der Waals surface area contributed by atoms with E-state index < -0.39 is 93.0 Å². The van der Waals surface area contributed by atoms with E-state index in [2.05, 4.69) is 26.1 Å². The van der Waals surface area contributed by atoms with E-state index in [1.807, 2.05) is 0 Å². The molecule has 0 spiro atoms. The van der Waals surface area contributed by atoms with Crippen molar-refractivity contribution in [2.45, 2.75) is 111 Å². The number of urea groups is 1. The number of hydrogen-bond acceptors (Lipinski definition) is 15. The van der Waals surface area contributed by atoms with Crippen LogP contribution in [0.3, 0.4) is 0 Å². The number of ether oxygens (including phenoxy) is 3. The van der Waals surface area contributed by atoms with Gasteiger partial charge in [0.2, 0.25) is 5.60 Å². The Labute approximate surface area is 323 Å². The largest absolute Gasteiger partial charge is 0.457 e. The quantitative estimate of drug-likeness (QED) is 0.0555. The molecule has 1 aromatic rings. The molecule has 21 nitrogen and oxygen atoms in total. The summed E-state index contributed by atoms with van der Waals surface area (Å²) in [6.45, 7) is 17.6.